The number of hydrogen-bond acceptors (Lipinski definition) is 3. The SMILES string of the molecule is CCCn1nncc1CC(C)CNC. The smallest absolute Gasteiger partial charge is 0.0725 e. The standard InChI is InChI=1S/C10H20N4/c1-4-5-14-10(8-12-13-14)6-9(2)7-11-3/h8-9,11H,4-7H2,1-3H3. The highest BCUT2D eigenvalue weighted by molar-refractivity contribution is 4.95. The van der Waals surface area contributed by atoms with E-state index in [0.717, 1.165) is 25.9 Å². The van der Waals surface area contributed by atoms with Crippen LogP contribution in [0.1, 0.15) is 26.0 Å². The quantitative estimate of drug-likeness (QED) is 0.740. The van der Waals surface area contributed by atoms with Gasteiger partial charge in [0.1, 0.15) is 0 Å². The molecule has 4 heteroatoms. The van der Waals surface area contributed by atoms with E-state index in [1.807, 2.05) is 17.9 Å². The van der Waals surface area contributed by atoms with Crippen LogP contribution in [0.3, 0.4) is 0 Å². The van der Waals surface area contributed by atoms with Crippen molar-refractivity contribution in [3.8, 4) is 0 Å². The second-order valence-electron chi connectivity index (χ2n) is 3.82. The third kappa shape index (κ3) is 3.10. The normalized spacial score (nSPS) is 13.1. The molecule has 1 aromatic rings. The van der Waals surface area contributed by atoms with Crippen molar-refractivity contribution in [3.63, 3.8) is 0 Å². The molecule has 0 radical (unpaired) electrons. The Kier molecular flexibility index (Phi) is 4.59. The Morgan fingerprint density at radius 3 is 3.00 bits per heavy atom. The molecule has 0 aliphatic heterocycles. The summed E-state index contributed by atoms with van der Waals surface area (Å²) in [7, 11) is 1.98. The van der Waals surface area contributed by atoms with Crippen LogP contribution in [-0.2, 0) is 13.0 Å². The van der Waals surface area contributed by atoms with Gasteiger partial charge in [0.15, 0.2) is 0 Å². The number of aromatic nitrogens is 3. The van der Waals surface area contributed by atoms with E-state index < -0.39 is 0 Å². The van der Waals surface area contributed by atoms with Crippen LogP contribution in [0.2, 0.25) is 0 Å². The summed E-state index contributed by atoms with van der Waals surface area (Å²) in [6, 6.07) is 0. The first-order valence-electron chi connectivity index (χ1n) is 5.29. The van der Waals surface area contributed by atoms with Crippen molar-refractivity contribution in [3.05, 3.63) is 11.9 Å². The third-order valence-corrected chi connectivity index (χ3v) is 2.24. The van der Waals surface area contributed by atoms with Crippen LogP contribution in [0.25, 0.3) is 0 Å². The van der Waals surface area contributed by atoms with E-state index >= 15 is 0 Å². The molecule has 0 saturated carbocycles. The summed E-state index contributed by atoms with van der Waals surface area (Å²) in [6.45, 7) is 6.40. The van der Waals surface area contributed by atoms with Crippen LogP contribution >= 0.6 is 0 Å². The Hall–Kier alpha value is -0.900. The van der Waals surface area contributed by atoms with Crippen LogP contribution in [-0.4, -0.2) is 28.6 Å². The van der Waals surface area contributed by atoms with Gasteiger partial charge in [0.25, 0.3) is 0 Å². The van der Waals surface area contributed by atoms with Crippen molar-refractivity contribution in [1.29, 1.82) is 0 Å². The zero-order valence-corrected chi connectivity index (χ0v) is 9.32. The summed E-state index contributed by atoms with van der Waals surface area (Å²) in [5.74, 6) is 0.633. The minimum atomic E-state index is 0.633. The summed E-state index contributed by atoms with van der Waals surface area (Å²) in [4.78, 5) is 0. The molecule has 0 saturated heterocycles. The highest BCUT2D eigenvalue weighted by Gasteiger charge is 2.07. The lowest BCUT2D eigenvalue weighted by Gasteiger charge is -2.10. The Bertz CT molecular complexity index is 256. The molecule has 1 heterocycles. The predicted molar refractivity (Wildman–Crippen MR) is 57.1 cm³/mol. The van der Waals surface area contributed by atoms with Crippen LogP contribution in [0.4, 0.5) is 0 Å². The lowest BCUT2D eigenvalue weighted by atomic mass is 10.1. The molecule has 1 atom stereocenters. The molecular formula is C10H20N4. The van der Waals surface area contributed by atoms with E-state index in [4.69, 9.17) is 0 Å². The Morgan fingerprint density at radius 2 is 2.36 bits per heavy atom. The van der Waals surface area contributed by atoms with E-state index in [2.05, 4.69) is 29.5 Å². The molecule has 1 rings (SSSR count). The lowest BCUT2D eigenvalue weighted by Crippen LogP contribution is -2.19. The van der Waals surface area contributed by atoms with Gasteiger partial charge < -0.3 is 5.32 Å². The maximum Gasteiger partial charge on any atom is 0.0725 e. The van der Waals surface area contributed by atoms with Gasteiger partial charge in [-0.15, -0.1) is 5.10 Å². The van der Waals surface area contributed by atoms with E-state index in [0.29, 0.717) is 5.92 Å². The van der Waals surface area contributed by atoms with Gasteiger partial charge in [0.2, 0.25) is 0 Å². The largest absolute Gasteiger partial charge is 0.319 e. The maximum atomic E-state index is 4.07. The highest BCUT2D eigenvalue weighted by atomic mass is 15.4. The van der Waals surface area contributed by atoms with E-state index in [9.17, 15) is 0 Å². The van der Waals surface area contributed by atoms with Crippen molar-refractivity contribution < 1.29 is 0 Å². The van der Waals surface area contributed by atoms with E-state index in [1.54, 1.807) is 0 Å². The molecule has 1 aromatic heterocycles. The lowest BCUT2D eigenvalue weighted by molar-refractivity contribution is 0.493. The summed E-state index contributed by atoms with van der Waals surface area (Å²) in [6.07, 6.45) is 4.03. The number of rotatable bonds is 6. The summed E-state index contributed by atoms with van der Waals surface area (Å²) >= 11 is 0. The number of nitrogens with one attached hydrogen (secondary N) is 1. The topological polar surface area (TPSA) is 42.7 Å². The molecular weight excluding hydrogens is 176 g/mol. The molecule has 1 unspecified atom stereocenters. The van der Waals surface area contributed by atoms with Crippen molar-refractivity contribution in [1.82, 2.24) is 20.3 Å². The van der Waals surface area contributed by atoms with Crippen molar-refractivity contribution in [2.75, 3.05) is 13.6 Å². The van der Waals surface area contributed by atoms with Crippen molar-refractivity contribution >= 4 is 0 Å². The maximum absolute atomic E-state index is 4.07. The highest BCUT2D eigenvalue weighted by Crippen LogP contribution is 2.06. The molecule has 0 aromatic carbocycles. The molecule has 80 valence electrons. The van der Waals surface area contributed by atoms with Crippen LogP contribution < -0.4 is 5.32 Å². The molecule has 1 N–H and O–H groups in total. The number of hydrogen-bond donors (Lipinski definition) is 1. The fraction of sp³-hybridized carbons (Fsp3) is 0.800. The summed E-state index contributed by atoms with van der Waals surface area (Å²) in [5.41, 5.74) is 1.25. The second kappa shape index (κ2) is 5.75. The fourth-order valence-electron chi connectivity index (χ4n) is 1.61. The molecule has 0 aliphatic rings. The average molecular weight is 196 g/mol. The summed E-state index contributed by atoms with van der Waals surface area (Å²) < 4.78 is 2.01. The first kappa shape index (κ1) is 11.2. The number of nitrogens with zero attached hydrogens (tertiary/aromatic N) is 3. The number of aryl methyl sites for hydroxylation is 1. The predicted octanol–water partition coefficient (Wildman–Crippen LogP) is 1.09. The molecule has 0 spiro atoms. The van der Waals surface area contributed by atoms with Crippen molar-refractivity contribution in [2.45, 2.75) is 33.2 Å². The van der Waals surface area contributed by atoms with Gasteiger partial charge in [-0.25, -0.2) is 4.68 Å². The Labute approximate surface area is 85.7 Å². The van der Waals surface area contributed by atoms with Crippen LogP contribution in [0, 0.1) is 5.92 Å². The monoisotopic (exact) mass is 196 g/mol. The van der Waals surface area contributed by atoms with E-state index in [-0.39, 0.29) is 0 Å². The van der Waals surface area contributed by atoms with Gasteiger partial charge in [-0.05, 0) is 32.4 Å². The summed E-state index contributed by atoms with van der Waals surface area (Å²) in [5, 5.41) is 11.2. The molecule has 0 aliphatic carbocycles. The van der Waals surface area contributed by atoms with Gasteiger partial charge in [0, 0.05) is 6.54 Å². The molecule has 14 heavy (non-hydrogen) atoms. The zero-order valence-electron chi connectivity index (χ0n) is 9.32. The molecule has 0 fully saturated rings. The van der Waals surface area contributed by atoms with Gasteiger partial charge in [0.05, 0.1) is 11.9 Å². The molecule has 4 nitrogen and oxygen atoms in total. The fourth-order valence-corrected chi connectivity index (χ4v) is 1.61. The Morgan fingerprint density at radius 1 is 1.57 bits per heavy atom. The first-order valence-corrected chi connectivity index (χ1v) is 5.29. The van der Waals surface area contributed by atoms with Gasteiger partial charge in [-0.2, -0.15) is 0 Å². The van der Waals surface area contributed by atoms with Crippen LogP contribution in [0.5, 0.6) is 0 Å². The third-order valence-electron chi connectivity index (χ3n) is 2.24. The minimum absolute atomic E-state index is 0.633. The molecule has 0 bridgehead atoms. The first-order chi connectivity index (χ1) is 6.77. The van der Waals surface area contributed by atoms with Crippen LogP contribution in [0.15, 0.2) is 6.20 Å². The second-order valence-corrected chi connectivity index (χ2v) is 3.82. The minimum Gasteiger partial charge on any atom is -0.319 e. The zero-order chi connectivity index (χ0) is 10.4. The van der Waals surface area contributed by atoms with Gasteiger partial charge >= 0.3 is 0 Å². The molecule has 0 amide bonds. The van der Waals surface area contributed by atoms with Crippen molar-refractivity contribution in [2.24, 2.45) is 5.92 Å². The average Bonchev–Trinajstić information content (AvgIpc) is 2.54. The van der Waals surface area contributed by atoms with Gasteiger partial charge in [-0.3, -0.25) is 0 Å². The van der Waals surface area contributed by atoms with E-state index in [1.165, 1.54) is 5.69 Å². The Balaban J connectivity index is 2.52. The van der Waals surface area contributed by atoms with Gasteiger partial charge in [-0.1, -0.05) is 19.1 Å².